The summed E-state index contributed by atoms with van der Waals surface area (Å²) in [6, 6.07) is 5.70. The zero-order valence-corrected chi connectivity index (χ0v) is 13.1. The highest BCUT2D eigenvalue weighted by Gasteiger charge is 2.24. The van der Waals surface area contributed by atoms with E-state index < -0.39 is 0 Å². The van der Waals surface area contributed by atoms with Gasteiger partial charge in [0.25, 0.3) is 5.91 Å². The Hall–Kier alpha value is -3.36. The first-order valence-corrected chi connectivity index (χ1v) is 7.97. The largest absolute Gasteiger partial charge is 0.480 e. The van der Waals surface area contributed by atoms with Gasteiger partial charge in [0.2, 0.25) is 5.95 Å². The lowest BCUT2D eigenvalue weighted by Crippen LogP contribution is -2.26. The van der Waals surface area contributed by atoms with E-state index in [-0.39, 0.29) is 12.5 Å². The number of hydrogen-bond acceptors (Lipinski definition) is 8. The van der Waals surface area contributed by atoms with Crippen molar-refractivity contribution in [3.8, 4) is 5.75 Å². The number of anilines is 4. The highest BCUT2D eigenvalue weighted by Crippen LogP contribution is 2.31. The van der Waals surface area contributed by atoms with Gasteiger partial charge in [0, 0.05) is 12.1 Å². The van der Waals surface area contributed by atoms with Crippen molar-refractivity contribution in [2.24, 2.45) is 0 Å². The lowest BCUT2D eigenvalue weighted by Gasteiger charge is -2.17. The Morgan fingerprint density at radius 1 is 1.16 bits per heavy atom. The number of fused-ring (bicyclic) bond motifs is 2. The maximum Gasteiger partial charge on any atom is 0.263 e. The topological polar surface area (TPSA) is 114 Å². The molecule has 1 amide bonds. The molecule has 3 N–H and O–H groups in total. The van der Waals surface area contributed by atoms with Crippen molar-refractivity contribution in [1.82, 2.24) is 15.0 Å². The van der Waals surface area contributed by atoms with Crippen LogP contribution < -0.4 is 20.7 Å². The van der Waals surface area contributed by atoms with E-state index in [9.17, 15) is 4.79 Å². The third kappa shape index (κ3) is 2.69. The van der Waals surface area contributed by atoms with Crippen molar-refractivity contribution in [3.05, 3.63) is 24.5 Å². The quantitative estimate of drug-likeness (QED) is 0.664. The molecule has 4 heterocycles. The summed E-state index contributed by atoms with van der Waals surface area (Å²) < 4.78 is 10.8. The van der Waals surface area contributed by atoms with E-state index >= 15 is 0 Å². The summed E-state index contributed by atoms with van der Waals surface area (Å²) in [5.41, 5.74) is 1.34. The normalized spacial score (nSPS) is 16.1. The first-order chi connectivity index (χ1) is 12.2. The molecular weight excluding hydrogens is 324 g/mol. The number of carbonyl (C=O) groups is 1. The number of aromatic nitrogens is 3. The smallest absolute Gasteiger partial charge is 0.263 e. The van der Waals surface area contributed by atoms with Gasteiger partial charge >= 0.3 is 0 Å². The predicted molar refractivity (Wildman–Crippen MR) is 90.1 cm³/mol. The number of ether oxygens (including phenoxy) is 1. The first-order valence-electron chi connectivity index (χ1n) is 7.97. The molecule has 1 fully saturated rings. The Morgan fingerprint density at radius 3 is 2.96 bits per heavy atom. The van der Waals surface area contributed by atoms with Crippen LogP contribution in [-0.2, 0) is 4.79 Å². The molecule has 0 radical (unpaired) electrons. The summed E-state index contributed by atoms with van der Waals surface area (Å²) in [6.45, 7) is -0.00206. The molecule has 0 aromatic carbocycles. The van der Waals surface area contributed by atoms with Crippen LogP contribution in [0.5, 0.6) is 5.75 Å². The van der Waals surface area contributed by atoms with Gasteiger partial charge in [-0.25, -0.2) is 9.97 Å². The molecule has 0 unspecified atom stereocenters. The molecule has 0 atom stereocenters. The molecule has 3 aromatic heterocycles. The molecule has 126 valence electrons. The second-order valence-corrected chi connectivity index (χ2v) is 5.95. The zero-order valence-electron chi connectivity index (χ0n) is 13.1. The van der Waals surface area contributed by atoms with Crippen LogP contribution in [0, 0.1) is 0 Å². The van der Waals surface area contributed by atoms with E-state index in [1.165, 1.54) is 0 Å². The van der Waals surface area contributed by atoms with Crippen LogP contribution in [0.1, 0.15) is 12.8 Å². The minimum atomic E-state index is -0.232. The summed E-state index contributed by atoms with van der Waals surface area (Å²) in [5, 5.41) is 9.08. The minimum Gasteiger partial charge on any atom is -0.480 e. The Bertz CT molecular complexity index is 981. The Balaban J connectivity index is 1.47. The average molecular weight is 338 g/mol. The summed E-state index contributed by atoms with van der Waals surface area (Å²) in [4.78, 5) is 24.7. The fourth-order valence-electron chi connectivity index (χ4n) is 2.59. The van der Waals surface area contributed by atoms with E-state index in [2.05, 4.69) is 30.9 Å². The number of carbonyl (C=O) groups excluding carboxylic acids is 1. The van der Waals surface area contributed by atoms with Crippen molar-refractivity contribution >= 4 is 40.4 Å². The second-order valence-electron chi connectivity index (χ2n) is 5.95. The summed E-state index contributed by atoms with van der Waals surface area (Å²) in [7, 11) is 0. The van der Waals surface area contributed by atoms with Crippen molar-refractivity contribution in [2.75, 3.05) is 22.6 Å². The lowest BCUT2D eigenvalue weighted by molar-refractivity contribution is -0.118. The molecule has 1 saturated carbocycles. The van der Waals surface area contributed by atoms with Crippen LogP contribution in [0.4, 0.5) is 23.4 Å². The van der Waals surface area contributed by atoms with Gasteiger partial charge in [-0.2, -0.15) is 4.98 Å². The van der Waals surface area contributed by atoms with Gasteiger partial charge in [0.15, 0.2) is 29.6 Å². The van der Waals surface area contributed by atoms with Crippen LogP contribution in [0.3, 0.4) is 0 Å². The molecule has 1 aliphatic heterocycles. The third-order valence-electron chi connectivity index (χ3n) is 3.94. The maximum absolute atomic E-state index is 11.4. The molecule has 9 nitrogen and oxygen atoms in total. The molecule has 3 aromatic rings. The molecule has 1 aliphatic carbocycles. The summed E-state index contributed by atoms with van der Waals surface area (Å²) in [6.07, 6.45) is 3.84. The summed E-state index contributed by atoms with van der Waals surface area (Å²) >= 11 is 0. The SMILES string of the molecule is O=C1COc2ccc(Nc3nc(NC4CC4)c4occc4n3)nc2N1. The molecular formula is C16H14N6O3. The van der Waals surface area contributed by atoms with E-state index in [0.717, 1.165) is 12.8 Å². The Morgan fingerprint density at radius 2 is 2.08 bits per heavy atom. The second kappa shape index (κ2) is 5.33. The number of amides is 1. The maximum atomic E-state index is 11.4. The summed E-state index contributed by atoms with van der Waals surface area (Å²) in [5.74, 6) is 2.24. The predicted octanol–water partition coefficient (Wildman–Crippen LogP) is 2.27. The number of pyridine rings is 1. The lowest BCUT2D eigenvalue weighted by atomic mass is 10.3. The van der Waals surface area contributed by atoms with E-state index in [1.54, 1.807) is 24.5 Å². The fraction of sp³-hybridized carbons (Fsp3) is 0.250. The van der Waals surface area contributed by atoms with Gasteiger partial charge < -0.3 is 25.1 Å². The fourth-order valence-corrected chi connectivity index (χ4v) is 2.59. The van der Waals surface area contributed by atoms with E-state index in [4.69, 9.17) is 9.15 Å². The van der Waals surface area contributed by atoms with E-state index in [1.807, 2.05) is 0 Å². The van der Waals surface area contributed by atoms with Gasteiger partial charge in [-0.15, -0.1) is 0 Å². The number of furan rings is 1. The van der Waals surface area contributed by atoms with Gasteiger partial charge in [-0.1, -0.05) is 0 Å². The van der Waals surface area contributed by atoms with Gasteiger partial charge in [-0.3, -0.25) is 4.79 Å². The van der Waals surface area contributed by atoms with Crippen molar-refractivity contribution < 1.29 is 13.9 Å². The number of nitrogens with one attached hydrogen (secondary N) is 3. The third-order valence-corrected chi connectivity index (χ3v) is 3.94. The minimum absolute atomic E-state index is 0.00206. The first kappa shape index (κ1) is 14.0. The number of nitrogens with zero attached hydrogens (tertiary/aromatic N) is 3. The van der Waals surface area contributed by atoms with Crippen LogP contribution in [0.15, 0.2) is 28.9 Å². The highest BCUT2D eigenvalue weighted by atomic mass is 16.5. The van der Waals surface area contributed by atoms with Crippen LogP contribution in [-0.4, -0.2) is 33.5 Å². The molecule has 2 aliphatic rings. The van der Waals surface area contributed by atoms with Crippen LogP contribution in [0.25, 0.3) is 11.1 Å². The van der Waals surface area contributed by atoms with Crippen molar-refractivity contribution in [1.29, 1.82) is 0 Å². The highest BCUT2D eigenvalue weighted by molar-refractivity contribution is 5.94. The number of hydrogen-bond donors (Lipinski definition) is 3. The molecule has 9 heteroatoms. The molecule has 0 spiro atoms. The number of rotatable bonds is 4. The van der Waals surface area contributed by atoms with Crippen LogP contribution in [0.2, 0.25) is 0 Å². The monoisotopic (exact) mass is 338 g/mol. The Labute approximate surface area is 141 Å². The van der Waals surface area contributed by atoms with E-state index in [0.29, 0.717) is 46.3 Å². The van der Waals surface area contributed by atoms with Crippen LogP contribution >= 0.6 is 0 Å². The average Bonchev–Trinajstić information content (AvgIpc) is 3.28. The Kier molecular flexibility index (Phi) is 2.99. The van der Waals surface area contributed by atoms with Crippen molar-refractivity contribution in [3.63, 3.8) is 0 Å². The molecule has 25 heavy (non-hydrogen) atoms. The zero-order chi connectivity index (χ0) is 16.8. The molecule has 0 bridgehead atoms. The van der Waals surface area contributed by atoms with Gasteiger partial charge in [0.05, 0.1) is 6.26 Å². The standard InChI is InChI=1S/C16H14N6O3/c23-12-7-25-10-3-4-11(19-14(10)21-12)20-16-18-9-5-6-24-13(9)15(22-16)17-8-1-2-8/h3-6,8H,1-2,7H2,(H3,17,18,19,20,21,22,23). The van der Waals surface area contributed by atoms with Gasteiger partial charge in [0.1, 0.15) is 11.3 Å². The molecule has 5 rings (SSSR count). The molecule has 0 saturated heterocycles. The van der Waals surface area contributed by atoms with Crippen molar-refractivity contribution in [2.45, 2.75) is 18.9 Å². The van der Waals surface area contributed by atoms with Gasteiger partial charge in [-0.05, 0) is 25.0 Å².